The number of carbonyl (C=O) groups excluding carboxylic acids is 2. The van der Waals surface area contributed by atoms with Gasteiger partial charge in [-0.15, -0.1) is 12.4 Å². The van der Waals surface area contributed by atoms with Gasteiger partial charge >= 0.3 is 5.69 Å². The molecule has 4 N–H and O–H groups in total. The van der Waals surface area contributed by atoms with Gasteiger partial charge in [0.2, 0.25) is 5.91 Å². The van der Waals surface area contributed by atoms with Crippen LogP contribution in [0.25, 0.3) is 0 Å². The van der Waals surface area contributed by atoms with E-state index in [1.807, 2.05) is 0 Å². The van der Waals surface area contributed by atoms with Crippen molar-refractivity contribution in [1.82, 2.24) is 15.1 Å². The van der Waals surface area contributed by atoms with Crippen molar-refractivity contribution in [3.63, 3.8) is 0 Å². The van der Waals surface area contributed by atoms with Crippen molar-refractivity contribution in [3.05, 3.63) is 51.3 Å². The molecule has 0 saturated heterocycles. The Balaban J connectivity index is 0.00000392. The second kappa shape index (κ2) is 10.4. The first-order chi connectivity index (χ1) is 12.8. The summed E-state index contributed by atoms with van der Waals surface area (Å²) < 4.78 is 1.44. The number of para-hydroxylation sites is 1. The molecule has 2 rings (SSSR count). The zero-order valence-electron chi connectivity index (χ0n) is 15.6. The SMILES string of the molecule is Cc1nn(CCC(=O)Nc2ccccc2C(=O)NCCN)c(C)c1[N+](=O)[O-].Cl. The first-order valence-electron chi connectivity index (χ1n) is 8.40. The molecule has 2 aromatic rings. The highest BCUT2D eigenvalue weighted by atomic mass is 35.5. The van der Waals surface area contributed by atoms with Gasteiger partial charge in [0.25, 0.3) is 5.91 Å². The van der Waals surface area contributed by atoms with Gasteiger partial charge in [0.15, 0.2) is 0 Å². The van der Waals surface area contributed by atoms with Crippen molar-refractivity contribution in [2.45, 2.75) is 26.8 Å². The number of rotatable bonds is 8. The van der Waals surface area contributed by atoms with E-state index in [1.54, 1.807) is 38.1 Å². The second-order valence-electron chi connectivity index (χ2n) is 5.89. The third-order valence-corrected chi connectivity index (χ3v) is 3.95. The van der Waals surface area contributed by atoms with Crippen LogP contribution in [0.3, 0.4) is 0 Å². The Morgan fingerprint density at radius 3 is 2.57 bits per heavy atom. The summed E-state index contributed by atoms with van der Waals surface area (Å²) in [6.07, 6.45) is 0.0534. The minimum Gasteiger partial charge on any atom is -0.351 e. The van der Waals surface area contributed by atoms with Crippen molar-refractivity contribution in [1.29, 1.82) is 0 Å². The molecule has 152 valence electrons. The van der Waals surface area contributed by atoms with Crippen LogP contribution in [-0.2, 0) is 11.3 Å². The molecule has 10 nitrogen and oxygen atoms in total. The van der Waals surface area contributed by atoms with Crippen LogP contribution in [-0.4, -0.2) is 39.6 Å². The molecule has 0 saturated carbocycles. The molecule has 1 heterocycles. The molecule has 0 fully saturated rings. The molecule has 0 bridgehead atoms. The highest BCUT2D eigenvalue weighted by Crippen LogP contribution is 2.22. The van der Waals surface area contributed by atoms with Crippen molar-refractivity contribution in [2.24, 2.45) is 5.73 Å². The number of benzene rings is 1. The maximum absolute atomic E-state index is 12.3. The van der Waals surface area contributed by atoms with Crippen LogP contribution < -0.4 is 16.4 Å². The number of amides is 2. The Kier molecular flexibility index (Phi) is 8.55. The van der Waals surface area contributed by atoms with Gasteiger partial charge in [-0.2, -0.15) is 5.10 Å². The Labute approximate surface area is 168 Å². The van der Waals surface area contributed by atoms with E-state index >= 15 is 0 Å². The number of hydrogen-bond donors (Lipinski definition) is 3. The molecular formula is C17H23ClN6O4. The predicted octanol–water partition coefficient (Wildman–Crippen LogP) is 1.55. The largest absolute Gasteiger partial charge is 0.351 e. The van der Waals surface area contributed by atoms with Gasteiger partial charge in [-0.3, -0.25) is 24.4 Å². The summed E-state index contributed by atoms with van der Waals surface area (Å²) in [5.74, 6) is -0.658. The Bertz CT molecular complexity index is 867. The normalized spacial score (nSPS) is 10.1. The van der Waals surface area contributed by atoms with Gasteiger partial charge in [0, 0.05) is 19.5 Å². The van der Waals surface area contributed by atoms with Crippen LogP contribution in [0.4, 0.5) is 11.4 Å². The molecule has 28 heavy (non-hydrogen) atoms. The molecule has 0 spiro atoms. The lowest BCUT2D eigenvalue weighted by Gasteiger charge is -2.11. The number of hydrogen-bond acceptors (Lipinski definition) is 6. The van der Waals surface area contributed by atoms with E-state index < -0.39 is 4.92 Å². The lowest BCUT2D eigenvalue weighted by atomic mass is 10.1. The maximum Gasteiger partial charge on any atom is 0.312 e. The summed E-state index contributed by atoms with van der Waals surface area (Å²) in [5.41, 5.74) is 6.75. The molecule has 2 amide bonds. The summed E-state index contributed by atoms with van der Waals surface area (Å²) in [6.45, 7) is 3.98. The lowest BCUT2D eigenvalue weighted by molar-refractivity contribution is -0.386. The van der Waals surface area contributed by atoms with Crippen LogP contribution in [0.15, 0.2) is 24.3 Å². The van der Waals surface area contributed by atoms with Crippen LogP contribution in [0, 0.1) is 24.0 Å². The van der Waals surface area contributed by atoms with E-state index in [0.29, 0.717) is 35.7 Å². The summed E-state index contributed by atoms with van der Waals surface area (Å²) in [6, 6.07) is 6.64. The third-order valence-electron chi connectivity index (χ3n) is 3.95. The molecule has 0 unspecified atom stereocenters. The number of nitrogens with zero attached hydrogens (tertiary/aromatic N) is 3. The van der Waals surface area contributed by atoms with Crippen LogP contribution in [0.2, 0.25) is 0 Å². The van der Waals surface area contributed by atoms with Gasteiger partial charge in [-0.05, 0) is 26.0 Å². The van der Waals surface area contributed by atoms with Crippen molar-refractivity contribution < 1.29 is 14.5 Å². The maximum atomic E-state index is 12.3. The number of aryl methyl sites for hydroxylation is 2. The monoisotopic (exact) mass is 410 g/mol. The first-order valence-corrected chi connectivity index (χ1v) is 8.40. The number of nitro groups is 1. The van der Waals surface area contributed by atoms with Crippen LogP contribution in [0.5, 0.6) is 0 Å². The molecule has 11 heteroatoms. The quantitative estimate of drug-likeness (QED) is 0.444. The van der Waals surface area contributed by atoms with E-state index in [-0.39, 0.29) is 42.9 Å². The summed E-state index contributed by atoms with van der Waals surface area (Å²) >= 11 is 0. The fraction of sp³-hybridized carbons (Fsp3) is 0.353. The Hall–Kier alpha value is -2.98. The number of aromatic nitrogens is 2. The Morgan fingerprint density at radius 2 is 1.96 bits per heavy atom. The fourth-order valence-electron chi connectivity index (χ4n) is 2.66. The van der Waals surface area contributed by atoms with Gasteiger partial charge in [-0.25, -0.2) is 0 Å². The van der Waals surface area contributed by atoms with E-state index in [4.69, 9.17) is 5.73 Å². The molecule has 0 atom stereocenters. The predicted molar refractivity (Wildman–Crippen MR) is 107 cm³/mol. The van der Waals surface area contributed by atoms with Crippen LogP contribution in [0.1, 0.15) is 28.2 Å². The first kappa shape index (κ1) is 23.1. The van der Waals surface area contributed by atoms with Gasteiger partial charge < -0.3 is 16.4 Å². The average molecular weight is 411 g/mol. The Morgan fingerprint density at radius 1 is 1.29 bits per heavy atom. The zero-order valence-corrected chi connectivity index (χ0v) is 16.4. The molecule has 0 aliphatic heterocycles. The third kappa shape index (κ3) is 5.51. The molecule has 0 aliphatic carbocycles. The summed E-state index contributed by atoms with van der Waals surface area (Å²) in [7, 11) is 0. The molecule has 0 aliphatic rings. The highest BCUT2D eigenvalue weighted by Gasteiger charge is 2.22. The molecular weight excluding hydrogens is 388 g/mol. The number of anilines is 1. The molecule has 0 radical (unpaired) electrons. The molecule has 1 aromatic carbocycles. The average Bonchev–Trinajstić information content (AvgIpc) is 2.92. The van der Waals surface area contributed by atoms with Gasteiger partial charge in [0.1, 0.15) is 11.4 Å². The van der Waals surface area contributed by atoms with Gasteiger partial charge in [0.05, 0.1) is 22.7 Å². The summed E-state index contributed by atoms with van der Waals surface area (Å²) in [5, 5.41) is 20.5. The minimum atomic E-state index is -0.482. The number of carbonyl (C=O) groups is 2. The number of nitrogens with two attached hydrogens (primary N) is 1. The van der Waals surface area contributed by atoms with E-state index in [1.165, 1.54) is 4.68 Å². The zero-order chi connectivity index (χ0) is 20.0. The minimum absolute atomic E-state index is 0. The molecule has 1 aromatic heterocycles. The number of halogens is 1. The van der Waals surface area contributed by atoms with Crippen molar-refractivity contribution in [2.75, 3.05) is 18.4 Å². The van der Waals surface area contributed by atoms with E-state index in [2.05, 4.69) is 15.7 Å². The second-order valence-corrected chi connectivity index (χ2v) is 5.89. The topological polar surface area (TPSA) is 145 Å². The number of nitrogens with one attached hydrogen (secondary N) is 2. The lowest BCUT2D eigenvalue weighted by Crippen LogP contribution is -2.30. The fourth-order valence-corrected chi connectivity index (χ4v) is 2.66. The van der Waals surface area contributed by atoms with Crippen LogP contribution >= 0.6 is 12.4 Å². The smallest absolute Gasteiger partial charge is 0.312 e. The van der Waals surface area contributed by atoms with Crippen molar-refractivity contribution >= 4 is 35.6 Å². The highest BCUT2D eigenvalue weighted by molar-refractivity contribution is 6.03. The van der Waals surface area contributed by atoms with E-state index in [9.17, 15) is 19.7 Å². The standard InChI is InChI=1S/C17H22N6O4.ClH/c1-11-16(23(26)27)12(2)22(21-11)10-7-15(24)20-14-6-4-3-5-13(14)17(25)19-9-8-18;/h3-6H,7-10,18H2,1-2H3,(H,19,25)(H,20,24);1H. The van der Waals surface area contributed by atoms with Crippen molar-refractivity contribution in [3.8, 4) is 0 Å². The summed E-state index contributed by atoms with van der Waals surface area (Å²) in [4.78, 5) is 35.0. The van der Waals surface area contributed by atoms with E-state index in [0.717, 1.165) is 0 Å². The van der Waals surface area contributed by atoms with Gasteiger partial charge in [-0.1, -0.05) is 12.1 Å².